The van der Waals surface area contributed by atoms with Crippen LogP contribution < -0.4 is 9.47 Å². The molecule has 6 nitrogen and oxygen atoms in total. The Morgan fingerprint density at radius 1 is 0.970 bits per heavy atom. The van der Waals surface area contributed by atoms with E-state index in [1.165, 1.54) is 11.1 Å². The van der Waals surface area contributed by atoms with Gasteiger partial charge < -0.3 is 14.6 Å². The van der Waals surface area contributed by atoms with Crippen molar-refractivity contribution in [1.82, 2.24) is 14.7 Å². The van der Waals surface area contributed by atoms with Crippen molar-refractivity contribution in [3.05, 3.63) is 77.6 Å². The third kappa shape index (κ3) is 7.07. The van der Waals surface area contributed by atoms with Crippen LogP contribution in [0.25, 0.3) is 0 Å². The van der Waals surface area contributed by atoms with Crippen molar-refractivity contribution in [3.8, 4) is 11.5 Å². The van der Waals surface area contributed by atoms with E-state index >= 15 is 0 Å². The zero-order valence-electron chi connectivity index (χ0n) is 19.7. The smallest absolute Gasteiger partial charge is 0.119 e. The highest BCUT2D eigenvalue weighted by Crippen LogP contribution is 2.25. The van der Waals surface area contributed by atoms with Gasteiger partial charge in [0.25, 0.3) is 0 Å². The Bertz CT molecular complexity index is 1020. The van der Waals surface area contributed by atoms with Gasteiger partial charge in [0.1, 0.15) is 24.7 Å². The standard InChI is InChI=1S/C27H35N3O3/c1-22-7-9-25(10-8-22)33-21-27(31)11-4-13-29(14-12-27)20-24-5-3-6-26(17-24)32-16-15-30-19-23(2)18-28-30/h3,5-10,17-19,31H,4,11-16,20-21H2,1-2H3/t27-/m0/s1. The summed E-state index contributed by atoms with van der Waals surface area (Å²) in [5, 5.41) is 15.4. The van der Waals surface area contributed by atoms with E-state index in [0.717, 1.165) is 56.1 Å². The molecule has 33 heavy (non-hydrogen) atoms. The van der Waals surface area contributed by atoms with E-state index < -0.39 is 5.60 Å². The summed E-state index contributed by atoms with van der Waals surface area (Å²) in [7, 11) is 0. The average molecular weight is 450 g/mol. The van der Waals surface area contributed by atoms with Crippen molar-refractivity contribution < 1.29 is 14.6 Å². The summed E-state index contributed by atoms with van der Waals surface area (Å²) in [6, 6.07) is 16.3. The highest BCUT2D eigenvalue weighted by molar-refractivity contribution is 5.28. The molecule has 6 heteroatoms. The molecule has 0 saturated carbocycles. The first kappa shape index (κ1) is 23.3. The Hall–Kier alpha value is -2.83. The number of rotatable bonds is 9. The summed E-state index contributed by atoms with van der Waals surface area (Å²) in [6.45, 7) is 8.41. The van der Waals surface area contributed by atoms with Crippen LogP contribution in [0.15, 0.2) is 60.9 Å². The van der Waals surface area contributed by atoms with Gasteiger partial charge in [0.2, 0.25) is 0 Å². The van der Waals surface area contributed by atoms with Crippen LogP contribution in [0.3, 0.4) is 0 Å². The SMILES string of the molecule is Cc1ccc(OC[C@]2(O)CCCN(Cc3cccc(OCCn4cc(C)cn4)c3)CC2)cc1. The molecule has 2 heterocycles. The van der Waals surface area contributed by atoms with Gasteiger partial charge in [-0.1, -0.05) is 29.8 Å². The second kappa shape index (κ2) is 10.9. The first-order valence-electron chi connectivity index (χ1n) is 11.8. The van der Waals surface area contributed by atoms with Crippen molar-refractivity contribution in [3.63, 3.8) is 0 Å². The molecule has 3 aromatic rings. The summed E-state index contributed by atoms with van der Waals surface area (Å²) in [5.74, 6) is 1.70. The minimum absolute atomic E-state index is 0.336. The largest absolute Gasteiger partial charge is 0.492 e. The number of aromatic nitrogens is 2. The molecular formula is C27H35N3O3. The molecule has 0 spiro atoms. The van der Waals surface area contributed by atoms with Gasteiger partial charge in [-0.05, 0) is 75.0 Å². The molecule has 0 unspecified atom stereocenters. The molecule has 1 aliphatic heterocycles. The van der Waals surface area contributed by atoms with Crippen molar-refractivity contribution in [2.24, 2.45) is 0 Å². The molecule has 1 saturated heterocycles. The van der Waals surface area contributed by atoms with E-state index in [4.69, 9.17) is 9.47 Å². The number of benzene rings is 2. The lowest BCUT2D eigenvalue weighted by Crippen LogP contribution is -2.37. The van der Waals surface area contributed by atoms with Gasteiger partial charge in [0.05, 0.1) is 18.3 Å². The minimum Gasteiger partial charge on any atom is -0.492 e. The molecule has 1 aromatic heterocycles. The van der Waals surface area contributed by atoms with Crippen LogP contribution in [0, 0.1) is 13.8 Å². The highest BCUT2D eigenvalue weighted by Gasteiger charge is 2.31. The van der Waals surface area contributed by atoms with Crippen molar-refractivity contribution in [2.75, 3.05) is 26.3 Å². The quantitative estimate of drug-likeness (QED) is 0.526. The van der Waals surface area contributed by atoms with Crippen molar-refractivity contribution >= 4 is 0 Å². The van der Waals surface area contributed by atoms with E-state index in [1.807, 2.05) is 60.4 Å². The van der Waals surface area contributed by atoms with E-state index in [1.54, 1.807) is 0 Å². The Balaban J connectivity index is 1.25. The summed E-state index contributed by atoms with van der Waals surface area (Å²) in [4.78, 5) is 2.41. The lowest BCUT2D eigenvalue weighted by atomic mass is 9.96. The molecule has 2 aromatic carbocycles. The van der Waals surface area contributed by atoms with E-state index in [9.17, 15) is 5.11 Å². The second-order valence-electron chi connectivity index (χ2n) is 9.23. The third-order valence-corrected chi connectivity index (χ3v) is 6.19. The predicted octanol–water partition coefficient (Wildman–Crippen LogP) is 4.37. The van der Waals surface area contributed by atoms with Gasteiger partial charge in [0.15, 0.2) is 0 Å². The van der Waals surface area contributed by atoms with E-state index in [2.05, 4.69) is 29.1 Å². The number of nitrogens with zero attached hydrogens (tertiary/aromatic N) is 3. The molecular weight excluding hydrogens is 414 g/mol. The summed E-state index contributed by atoms with van der Waals surface area (Å²) < 4.78 is 13.8. The maximum atomic E-state index is 11.1. The average Bonchev–Trinajstić information content (AvgIpc) is 3.13. The maximum Gasteiger partial charge on any atom is 0.119 e. The van der Waals surface area contributed by atoms with Gasteiger partial charge in [0, 0.05) is 19.3 Å². The van der Waals surface area contributed by atoms with E-state index in [-0.39, 0.29) is 0 Å². The van der Waals surface area contributed by atoms with Gasteiger partial charge in [-0.3, -0.25) is 9.58 Å². The van der Waals surface area contributed by atoms with E-state index in [0.29, 0.717) is 19.6 Å². The Morgan fingerprint density at radius 3 is 2.61 bits per heavy atom. The Labute approximate surface area is 196 Å². The zero-order chi connectivity index (χ0) is 23.1. The number of aryl methyl sites for hydroxylation is 2. The fourth-order valence-corrected chi connectivity index (χ4v) is 4.23. The maximum absolute atomic E-state index is 11.1. The van der Waals surface area contributed by atoms with Crippen LogP contribution in [-0.4, -0.2) is 51.7 Å². The van der Waals surface area contributed by atoms with Gasteiger partial charge in [-0.2, -0.15) is 5.10 Å². The normalized spacial score (nSPS) is 19.2. The van der Waals surface area contributed by atoms with Gasteiger partial charge >= 0.3 is 0 Å². The first-order valence-corrected chi connectivity index (χ1v) is 11.8. The number of likely N-dealkylation sites (tertiary alicyclic amines) is 1. The van der Waals surface area contributed by atoms with Crippen molar-refractivity contribution in [2.45, 2.75) is 51.8 Å². The summed E-state index contributed by atoms with van der Waals surface area (Å²) >= 11 is 0. The van der Waals surface area contributed by atoms with Crippen LogP contribution in [0.5, 0.6) is 11.5 Å². The number of aliphatic hydroxyl groups is 1. The third-order valence-electron chi connectivity index (χ3n) is 6.19. The lowest BCUT2D eigenvalue weighted by Gasteiger charge is -2.27. The summed E-state index contributed by atoms with van der Waals surface area (Å²) in [5.41, 5.74) is 2.80. The molecule has 1 aliphatic rings. The second-order valence-corrected chi connectivity index (χ2v) is 9.23. The molecule has 176 valence electrons. The monoisotopic (exact) mass is 449 g/mol. The van der Waals surface area contributed by atoms with Crippen LogP contribution >= 0.6 is 0 Å². The molecule has 0 bridgehead atoms. The number of hydrogen-bond donors (Lipinski definition) is 1. The Morgan fingerprint density at radius 2 is 1.82 bits per heavy atom. The molecule has 0 radical (unpaired) electrons. The van der Waals surface area contributed by atoms with Crippen molar-refractivity contribution in [1.29, 1.82) is 0 Å². The van der Waals surface area contributed by atoms with Crippen LogP contribution in [-0.2, 0) is 13.1 Å². The molecule has 1 fully saturated rings. The highest BCUT2D eigenvalue weighted by atomic mass is 16.5. The molecule has 0 amide bonds. The Kier molecular flexibility index (Phi) is 7.68. The molecule has 1 N–H and O–H groups in total. The van der Waals surface area contributed by atoms with Gasteiger partial charge in [-0.25, -0.2) is 0 Å². The van der Waals surface area contributed by atoms with Gasteiger partial charge in [-0.15, -0.1) is 0 Å². The topological polar surface area (TPSA) is 59.8 Å². The fourth-order valence-electron chi connectivity index (χ4n) is 4.23. The number of ether oxygens (including phenoxy) is 2. The fraction of sp³-hybridized carbons (Fsp3) is 0.444. The minimum atomic E-state index is -0.782. The van der Waals surface area contributed by atoms with Crippen LogP contribution in [0.1, 0.15) is 36.0 Å². The van der Waals surface area contributed by atoms with Crippen LogP contribution in [0.2, 0.25) is 0 Å². The zero-order valence-corrected chi connectivity index (χ0v) is 19.7. The molecule has 1 atom stereocenters. The van der Waals surface area contributed by atoms with Crippen LogP contribution in [0.4, 0.5) is 0 Å². The molecule has 0 aliphatic carbocycles. The number of hydrogen-bond acceptors (Lipinski definition) is 5. The lowest BCUT2D eigenvalue weighted by molar-refractivity contribution is -0.0168. The summed E-state index contributed by atoms with van der Waals surface area (Å²) in [6.07, 6.45) is 6.29. The predicted molar refractivity (Wildman–Crippen MR) is 130 cm³/mol. The first-order chi connectivity index (χ1) is 16.0. The molecule has 4 rings (SSSR count).